The zero-order valence-electron chi connectivity index (χ0n) is 13.1. The number of hydrogen-bond acceptors (Lipinski definition) is 7. The van der Waals surface area contributed by atoms with Gasteiger partial charge in [-0.1, -0.05) is 23.2 Å². The highest BCUT2D eigenvalue weighted by Crippen LogP contribution is 2.27. The number of H-pyrrole nitrogens is 1. The second-order valence-corrected chi connectivity index (χ2v) is 6.70. The molecule has 0 saturated heterocycles. The van der Waals surface area contributed by atoms with Crippen molar-refractivity contribution in [3.05, 3.63) is 45.7 Å². The van der Waals surface area contributed by atoms with Crippen molar-refractivity contribution in [1.29, 1.82) is 0 Å². The number of esters is 1. The first-order chi connectivity index (χ1) is 11.9. The van der Waals surface area contributed by atoms with Gasteiger partial charge < -0.3 is 4.74 Å². The number of carbonyl (C=O) groups is 1. The molecule has 0 atom stereocenters. The van der Waals surface area contributed by atoms with Gasteiger partial charge in [0.1, 0.15) is 0 Å². The monoisotopic (exact) mass is 395 g/mol. The predicted molar refractivity (Wildman–Crippen MR) is 94.1 cm³/mol. The van der Waals surface area contributed by atoms with E-state index in [9.17, 15) is 4.79 Å². The molecule has 0 radical (unpaired) electrons. The van der Waals surface area contributed by atoms with Crippen LogP contribution < -0.4 is 0 Å². The van der Waals surface area contributed by atoms with E-state index in [0.717, 1.165) is 11.8 Å². The van der Waals surface area contributed by atoms with E-state index in [1.807, 2.05) is 0 Å². The van der Waals surface area contributed by atoms with E-state index in [4.69, 9.17) is 23.2 Å². The maximum absolute atomic E-state index is 11.6. The quantitative estimate of drug-likeness (QED) is 0.529. The number of hydrogen-bond donors (Lipinski definition) is 1. The molecule has 7 nitrogen and oxygen atoms in total. The van der Waals surface area contributed by atoms with Crippen LogP contribution in [0, 0.1) is 6.92 Å². The van der Waals surface area contributed by atoms with Gasteiger partial charge >= 0.3 is 5.97 Å². The Labute approximate surface area is 157 Å². The van der Waals surface area contributed by atoms with Crippen LogP contribution in [0.5, 0.6) is 0 Å². The van der Waals surface area contributed by atoms with Gasteiger partial charge in [0.15, 0.2) is 16.7 Å². The fourth-order valence-corrected chi connectivity index (χ4v) is 3.24. The molecule has 128 valence electrons. The van der Waals surface area contributed by atoms with Crippen LogP contribution in [0.2, 0.25) is 10.0 Å². The van der Waals surface area contributed by atoms with E-state index in [-0.39, 0.29) is 5.69 Å². The standard InChI is InChI=1S/C15H11Cl2N5O2S/c1-7-3-11(13(23)24-2)19-14(18-7)25-15-20-12(21-22-15)8-4-9(16)6-10(17)5-8/h3-6H,1-2H3,(H,20,21,22). The first kappa shape index (κ1) is 17.7. The molecule has 0 aliphatic rings. The van der Waals surface area contributed by atoms with E-state index in [2.05, 4.69) is 29.9 Å². The van der Waals surface area contributed by atoms with Crippen molar-refractivity contribution in [3.8, 4) is 11.4 Å². The van der Waals surface area contributed by atoms with Crippen LogP contribution in [0.1, 0.15) is 16.2 Å². The number of carbonyl (C=O) groups excluding carboxylic acids is 1. The summed E-state index contributed by atoms with van der Waals surface area (Å²) in [5.74, 6) is -0.0238. The van der Waals surface area contributed by atoms with E-state index >= 15 is 0 Å². The Kier molecular flexibility index (Phi) is 5.22. The zero-order valence-corrected chi connectivity index (χ0v) is 15.4. The van der Waals surface area contributed by atoms with Crippen LogP contribution in [0.4, 0.5) is 0 Å². The molecule has 1 aromatic carbocycles. The molecule has 0 amide bonds. The maximum atomic E-state index is 11.6. The number of halogens is 2. The minimum Gasteiger partial charge on any atom is -0.464 e. The molecule has 0 aliphatic heterocycles. The number of ether oxygens (including phenoxy) is 1. The average molecular weight is 396 g/mol. The van der Waals surface area contributed by atoms with Crippen molar-refractivity contribution in [2.24, 2.45) is 0 Å². The summed E-state index contributed by atoms with van der Waals surface area (Å²) in [6.07, 6.45) is 0. The summed E-state index contributed by atoms with van der Waals surface area (Å²) < 4.78 is 4.68. The highest BCUT2D eigenvalue weighted by molar-refractivity contribution is 7.99. The molecule has 2 heterocycles. The number of aromatic amines is 1. The Morgan fingerprint density at radius 2 is 1.80 bits per heavy atom. The number of nitrogens with zero attached hydrogens (tertiary/aromatic N) is 4. The van der Waals surface area contributed by atoms with Crippen molar-refractivity contribution in [1.82, 2.24) is 25.1 Å². The van der Waals surface area contributed by atoms with Crippen LogP contribution in [0.25, 0.3) is 11.4 Å². The largest absolute Gasteiger partial charge is 0.464 e. The van der Waals surface area contributed by atoms with E-state index in [0.29, 0.717) is 37.4 Å². The summed E-state index contributed by atoms with van der Waals surface area (Å²) >= 11 is 13.1. The molecule has 0 spiro atoms. The molecule has 0 fully saturated rings. The summed E-state index contributed by atoms with van der Waals surface area (Å²) in [4.78, 5) is 24.4. The van der Waals surface area contributed by atoms with Crippen LogP contribution >= 0.6 is 35.0 Å². The van der Waals surface area contributed by atoms with Crippen molar-refractivity contribution in [2.75, 3.05) is 7.11 Å². The second-order valence-electron chi connectivity index (χ2n) is 4.90. The first-order valence-electron chi connectivity index (χ1n) is 6.95. The normalized spacial score (nSPS) is 10.7. The molecule has 0 saturated carbocycles. The minimum absolute atomic E-state index is 0.176. The lowest BCUT2D eigenvalue weighted by molar-refractivity contribution is 0.0592. The predicted octanol–water partition coefficient (Wildman–Crippen LogP) is 3.81. The Morgan fingerprint density at radius 3 is 2.48 bits per heavy atom. The van der Waals surface area contributed by atoms with Crippen LogP contribution in [-0.2, 0) is 4.74 Å². The first-order valence-corrected chi connectivity index (χ1v) is 8.52. The van der Waals surface area contributed by atoms with E-state index < -0.39 is 5.97 Å². The number of nitrogens with one attached hydrogen (secondary N) is 1. The van der Waals surface area contributed by atoms with Crippen LogP contribution in [-0.4, -0.2) is 38.2 Å². The van der Waals surface area contributed by atoms with Gasteiger partial charge in [-0.3, -0.25) is 5.10 Å². The highest BCUT2D eigenvalue weighted by atomic mass is 35.5. The zero-order chi connectivity index (χ0) is 18.0. The van der Waals surface area contributed by atoms with Gasteiger partial charge in [-0.25, -0.2) is 19.7 Å². The van der Waals surface area contributed by atoms with Gasteiger partial charge in [-0.05, 0) is 43.0 Å². The van der Waals surface area contributed by atoms with Crippen molar-refractivity contribution in [2.45, 2.75) is 17.2 Å². The van der Waals surface area contributed by atoms with Gasteiger partial charge in [0.2, 0.25) is 5.16 Å². The lowest BCUT2D eigenvalue weighted by atomic mass is 10.2. The van der Waals surface area contributed by atoms with Crippen LogP contribution in [0.15, 0.2) is 34.6 Å². The highest BCUT2D eigenvalue weighted by Gasteiger charge is 2.14. The summed E-state index contributed by atoms with van der Waals surface area (Å²) in [5, 5.41) is 8.66. The molecular formula is C15H11Cl2N5O2S. The molecule has 0 bridgehead atoms. The fraction of sp³-hybridized carbons (Fsp3) is 0.133. The summed E-state index contributed by atoms with van der Waals surface area (Å²) in [5.41, 5.74) is 1.52. The number of methoxy groups -OCH3 is 1. The minimum atomic E-state index is -0.531. The van der Waals surface area contributed by atoms with Crippen molar-refractivity contribution in [3.63, 3.8) is 0 Å². The molecular weight excluding hydrogens is 385 g/mol. The Hall–Kier alpha value is -2.16. The van der Waals surface area contributed by atoms with E-state index in [1.54, 1.807) is 31.2 Å². The molecule has 10 heteroatoms. The summed E-state index contributed by atoms with van der Waals surface area (Å²) in [6.45, 7) is 1.76. The fourth-order valence-electron chi connectivity index (χ4n) is 1.99. The third kappa shape index (κ3) is 4.28. The molecule has 1 N–H and O–H groups in total. The van der Waals surface area contributed by atoms with Gasteiger partial charge in [0.25, 0.3) is 0 Å². The molecule has 0 unspecified atom stereocenters. The molecule has 3 rings (SSSR count). The smallest absolute Gasteiger partial charge is 0.356 e. The van der Waals surface area contributed by atoms with Gasteiger partial charge in [-0.15, -0.1) is 5.10 Å². The molecule has 25 heavy (non-hydrogen) atoms. The summed E-state index contributed by atoms with van der Waals surface area (Å²) in [6, 6.07) is 6.63. The number of rotatable bonds is 4. The maximum Gasteiger partial charge on any atom is 0.356 e. The third-order valence-corrected chi connectivity index (χ3v) is 4.18. The number of aryl methyl sites for hydroxylation is 1. The average Bonchev–Trinajstić information content (AvgIpc) is 3.01. The number of aromatic nitrogens is 5. The van der Waals surface area contributed by atoms with Crippen LogP contribution in [0.3, 0.4) is 0 Å². The van der Waals surface area contributed by atoms with Crippen molar-refractivity contribution < 1.29 is 9.53 Å². The van der Waals surface area contributed by atoms with Gasteiger partial charge in [-0.2, -0.15) is 0 Å². The number of benzene rings is 1. The molecule has 0 aliphatic carbocycles. The Balaban J connectivity index is 1.86. The molecule has 3 aromatic rings. The molecule has 2 aromatic heterocycles. The third-order valence-electron chi connectivity index (χ3n) is 3.01. The topological polar surface area (TPSA) is 93.7 Å². The lowest BCUT2D eigenvalue weighted by Gasteiger charge is -2.02. The lowest BCUT2D eigenvalue weighted by Crippen LogP contribution is -2.06. The van der Waals surface area contributed by atoms with Gasteiger partial charge in [0.05, 0.1) is 7.11 Å². The Morgan fingerprint density at radius 1 is 1.08 bits per heavy atom. The SMILES string of the molecule is COC(=O)c1cc(C)nc(Sc2n[nH]c(-c3cc(Cl)cc(Cl)c3)n2)n1. The second kappa shape index (κ2) is 7.38. The summed E-state index contributed by atoms with van der Waals surface area (Å²) in [7, 11) is 1.30. The van der Waals surface area contributed by atoms with E-state index in [1.165, 1.54) is 7.11 Å². The van der Waals surface area contributed by atoms with Gasteiger partial charge in [0, 0.05) is 21.3 Å². The Bertz CT molecular complexity index is 927. The van der Waals surface area contributed by atoms with Crippen molar-refractivity contribution >= 4 is 40.9 Å².